The van der Waals surface area contributed by atoms with Crippen LogP contribution in [0.25, 0.3) is 0 Å². The Morgan fingerprint density at radius 2 is 1.88 bits per heavy atom. The van der Waals surface area contributed by atoms with E-state index >= 15 is 0 Å². The van der Waals surface area contributed by atoms with E-state index in [0.29, 0.717) is 30.2 Å². The Kier molecular flexibility index (Phi) is 7.15. The van der Waals surface area contributed by atoms with Gasteiger partial charge in [-0.15, -0.1) is 4.59 Å². The Bertz CT molecular complexity index is 1700. The second-order valence-corrected chi connectivity index (χ2v) is 10.2. The normalized spacial score (nSPS) is 21.4. The number of benzene rings is 1. The maximum Gasteiger partial charge on any atom is 0.416 e. The molecule has 6 rings (SSSR count). The molecule has 0 spiro atoms. The van der Waals surface area contributed by atoms with E-state index in [1.807, 2.05) is 0 Å². The molecule has 11 nitrogen and oxygen atoms in total. The van der Waals surface area contributed by atoms with Gasteiger partial charge in [0.25, 0.3) is 17.6 Å². The van der Waals surface area contributed by atoms with E-state index in [1.54, 1.807) is 35.6 Å². The molecule has 0 bridgehead atoms. The molecule has 3 aliphatic heterocycles. The van der Waals surface area contributed by atoms with Crippen LogP contribution in [-0.4, -0.2) is 61.4 Å². The number of carbonyl (C=O) groups is 2. The first-order valence-corrected chi connectivity index (χ1v) is 13.4. The average molecular weight is 589 g/mol. The monoisotopic (exact) mass is 588 g/mol. The fourth-order valence-electron chi connectivity index (χ4n) is 5.30. The number of piperidine rings is 1. The maximum absolute atomic E-state index is 13.1. The summed E-state index contributed by atoms with van der Waals surface area (Å²) in [6, 6.07) is 8.02. The van der Waals surface area contributed by atoms with Crippen molar-refractivity contribution < 1.29 is 27.4 Å². The standard InChI is InChI=1S/C29H24F3N9O2/c30-29(31,32)21-7-8-37-24(14-21)38-27(42)19-5-3-18(4-6-19)26-39-25(23-16-35-11-13-41(23,26)33)20-2-1-12-40(17-20)28(43)22-15-34-9-10-36-22/h3-11,13-16,20H,1-2,12,17,33H2/p+1/t20-,41?/m1/s1. The number of hydrogen-bond acceptors (Lipinski definition) is 8. The lowest BCUT2D eigenvalue weighted by Crippen LogP contribution is -2.53. The van der Waals surface area contributed by atoms with Crippen LogP contribution < -0.4 is 11.2 Å². The van der Waals surface area contributed by atoms with Crippen molar-refractivity contribution >= 4 is 29.7 Å². The number of anilines is 1. The summed E-state index contributed by atoms with van der Waals surface area (Å²) in [5.74, 6) is 6.21. The first-order chi connectivity index (χ1) is 20.6. The molecule has 218 valence electrons. The number of aromatic nitrogens is 3. The predicted molar refractivity (Wildman–Crippen MR) is 150 cm³/mol. The van der Waals surface area contributed by atoms with E-state index in [-0.39, 0.29) is 33.5 Å². The van der Waals surface area contributed by atoms with Crippen LogP contribution in [0.2, 0.25) is 0 Å². The minimum absolute atomic E-state index is 0.106. The van der Waals surface area contributed by atoms with Gasteiger partial charge >= 0.3 is 6.18 Å². The van der Waals surface area contributed by atoms with Crippen molar-refractivity contribution in [2.24, 2.45) is 21.7 Å². The van der Waals surface area contributed by atoms with Crippen molar-refractivity contribution in [2.75, 3.05) is 18.4 Å². The van der Waals surface area contributed by atoms with Crippen LogP contribution in [0.5, 0.6) is 0 Å². The first-order valence-electron chi connectivity index (χ1n) is 13.4. The summed E-state index contributed by atoms with van der Waals surface area (Å²) in [5.41, 5.74) is 1.59. The summed E-state index contributed by atoms with van der Waals surface area (Å²) in [6.07, 6.45) is 7.36. The quantitative estimate of drug-likeness (QED) is 0.342. The average Bonchev–Trinajstić information content (AvgIpc) is 3.34. The molecule has 3 N–H and O–H groups in total. The second kappa shape index (κ2) is 11.0. The fraction of sp³-hybridized carbons (Fsp3) is 0.207. The number of amidine groups is 1. The Labute approximate surface area is 243 Å². The molecule has 14 heteroatoms. The molecular weight excluding hydrogens is 563 g/mol. The summed E-state index contributed by atoms with van der Waals surface area (Å²) in [7, 11) is 0. The summed E-state index contributed by atoms with van der Waals surface area (Å²) in [6.45, 7) is 1.01. The van der Waals surface area contributed by atoms with E-state index in [0.717, 1.165) is 36.9 Å². The SMILES string of the molecule is N[N+]12C=CN=CC1=C([C@@H]1CCCN(C(=O)c3cnccn3)C1)N=C2c1ccc(C(=O)Nc2cc(C(F)(F)F)ccn2)cc1. The molecule has 5 heterocycles. The van der Waals surface area contributed by atoms with Gasteiger partial charge in [-0.2, -0.15) is 24.0 Å². The maximum atomic E-state index is 13.1. The zero-order valence-corrected chi connectivity index (χ0v) is 22.6. The number of nitrogens with zero attached hydrogens (tertiary/aromatic N) is 7. The highest BCUT2D eigenvalue weighted by Crippen LogP contribution is 2.37. The summed E-state index contributed by atoms with van der Waals surface area (Å²) < 4.78 is 38.9. The summed E-state index contributed by atoms with van der Waals surface area (Å²) in [4.78, 5) is 48.8. The third-order valence-electron chi connectivity index (χ3n) is 7.43. The molecule has 0 radical (unpaired) electrons. The van der Waals surface area contributed by atoms with E-state index < -0.39 is 17.6 Å². The van der Waals surface area contributed by atoms with Crippen LogP contribution in [0, 0.1) is 5.92 Å². The topological polar surface area (TPSA) is 139 Å². The van der Waals surface area contributed by atoms with Crippen LogP contribution in [-0.2, 0) is 6.18 Å². The molecule has 1 aromatic carbocycles. The molecule has 3 aliphatic rings. The van der Waals surface area contributed by atoms with Gasteiger partial charge in [0.15, 0.2) is 0 Å². The smallest absolute Gasteiger partial charge is 0.337 e. The number of amides is 2. The van der Waals surface area contributed by atoms with Crippen LogP contribution in [0.1, 0.15) is 44.8 Å². The van der Waals surface area contributed by atoms with E-state index in [4.69, 9.17) is 10.8 Å². The third-order valence-corrected chi connectivity index (χ3v) is 7.43. The lowest BCUT2D eigenvalue weighted by Gasteiger charge is -2.32. The Morgan fingerprint density at radius 3 is 2.63 bits per heavy atom. The van der Waals surface area contributed by atoms with E-state index in [1.165, 1.54) is 30.7 Å². The number of nitrogens with one attached hydrogen (secondary N) is 1. The molecule has 3 aromatic rings. The predicted octanol–water partition coefficient (Wildman–Crippen LogP) is 3.91. The molecular formula is C29H25F3N9O2+. The molecule has 2 aromatic heterocycles. The Hall–Kier alpha value is -5.08. The first kappa shape index (κ1) is 28.1. The number of aliphatic imine (C=N–C) groups is 2. The van der Waals surface area contributed by atoms with Gasteiger partial charge < -0.3 is 10.2 Å². The highest BCUT2D eigenvalue weighted by molar-refractivity contribution is 6.05. The van der Waals surface area contributed by atoms with Gasteiger partial charge in [-0.1, -0.05) is 0 Å². The van der Waals surface area contributed by atoms with Gasteiger partial charge in [-0.3, -0.25) is 19.6 Å². The van der Waals surface area contributed by atoms with Crippen LogP contribution in [0.3, 0.4) is 0 Å². The molecule has 0 saturated carbocycles. The van der Waals surface area contributed by atoms with Gasteiger partial charge in [-0.25, -0.2) is 9.97 Å². The molecule has 1 fully saturated rings. The van der Waals surface area contributed by atoms with Crippen molar-refractivity contribution in [3.05, 3.63) is 107 Å². The molecule has 0 aliphatic carbocycles. The molecule has 43 heavy (non-hydrogen) atoms. The molecule has 2 atom stereocenters. The minimum Gasteiger partial charge on any atom is -0.337 e. The number of likely N-dealkylation sites (tertiary alicyclic amines) is 1. The number of halogens is 3. The number of hydrogen-bond donors (Lipinski definition) is 2. The Morgan fingerprint density at radius 1 is 1.07 bits per heavy atom. The van der Waals surface area contributed by atoms with Crippen molar-refractivity contribution in [3.63, 3.8) is 0 Å². The van der Waals surface area contributed by atoms with Gasteiger partial charge in [0.05, 0.1) is 29.7 Å². The number of nitrogens with two attached hydrogens (primary N) is 1. The number of allylic oxidation sites excluding steroid dienone is 1. The van der Waals surface area contributed by atoms with Crippen LogP contribution in [0.4, 0.5) is 19.0 Å². The third kappa shape index (κ3) is 5.45. The molecule has 2 amide bonds. The summed E-state index contributed by atoms with van der Waals surface area (Å²) >= 11 is 0. The largest absolute Gasteiger partial charge is 0.416 e. The highest BCUT2D eigenvalue weighted by Gasteiger charge is 2.46. The van der Waals surface area contributed by atoms with Crippen LogP contribution in [0.15, 0.2) is 95.0 Å². The number of quaternary nitrogens is 1. The zero-order chi connectivity index (χ0) is 30.2. The zero-order valence-electron chi connectivity index (χ0n) is 22.6. The molecule has 1 unspecified atom stereocenters. The lowest BCUT2D eigenvalue weighted by molar-refractivity contribution is -0.750. The number of pyridine rings is 1. The number of rotatable bonds is 5. The van der Waals surface area contributed by atoms with Gasteiger partial charge in [0.1, 0.15) is 23.4 Å². The Balaban J connectivity index is 1.23. The van der Waals surface area contributed by atoms with Gasteiger partial charge in [0, 0.05) is 43.2 Å². The van der Waals surface area contributed by atoms with Crippen molar-refractivity contribution in [3.8, 4) is 0 Å². The van der Waals surface area contributed by atoms with Crippen LogP contribution >= 0.6 is 0 Å². The van der Waals surface area contributed by atoms with Gasteiger partial charge in [0.2, 0.25) is 5.70 Å². The lowest BCUT2D eigenvalue weighted by atomic mass is 9.93. The van der Waals surface area contributed by atoms with E-state index in [2.05, 4.69) is 25.3 Å². The van der Waals surface area contributed by atoms with Crippen molar-refractivity contribution in [2.45, 2.75) is 19.0 Å². The minimum atomic E-state index is -4.56. The van der Waals surface area contributed by atoms with Crippen molar-refractivity contribution in [1.82, 2.24) is 19.9 Å². The number of carbonyl (C=O) groups excluding carboxylic acids is 2. The summed E-state index contributed by atoms with van der Waals surface area (Å²) in [5, 5.41) is 2.40. The van der Waals surface area contributed by atoms with E-state index in [9.17, 15) is 22.8 Å². The highest BCUT2D eigenvalue weighted by atomic mass is 19.4. The van der Waals surface area contributed by atoms with Crippen molar-refractivity contribution in [1.29, 1.82) is 0 Å². The van der Waals surface area contributed by atoms with Gasteiger partial charge in [-0.05, 0) is 49.2 Å². The fourth-order valence-corrected chi connectivity index (χ4v) is 5.30. The molecule has 1 saturated heterocycles. The number of alkyl halides is 3. The number of fused-ring (bicyclic) bond motifs is 1. The second-order valence-electron chi connectivity index (χ2n) is 10.2.